The van der Waals surface area contributed by atoms with Gasteiger partial charge in [0.05, 0.1) is 17.9 Å². The van der Waals surface area contributed by atoms with Crippen LogP contribution in [0.2, 0.25) is 0 Å². The van der Waals surface area contributed by atoms with Gasteiger partial charge in [0.15, 0.2) is 0 Å². The Labute approximate surface area is 126 Å². The highest BCUT2D eigenvalue weighted by molar-refractivity contribution is 7.99. The Bertz CT molecular complexity index is 687. The maximum atomic E-state index is 11.0. The van der Waals surface area contributed by atoms with E-state index in [9.17, 15) is 4.79 Å². The van der Waals surface area contributed by atoms with E-state index in [0.29, 0.717) is 24.0 Å². The molecular formula is C16H15NO3S. The normalized spacial score (nSPS) is 16.5. The van der Waals surface area contributed by atoms with Crippen molar-refractivity contribution in [2.45, 2.75) is 10.8 Å². The minimum absolute atomic E-state index is 0.181. The molecule has 2 aromatic rings. The maximum Gasteiger partial charge on any atom is 0.335 e. The number of benzene rings is 2. The van der Waals surface area contributed by atoms with E-state index >= 15 is 0 Å². The second-order valence-electron chi connectivity index (χ2n) is 4.91. The summed E-state index contributed by atoms with van der Waals surface area (Å²) in [5, 5.41) is 9.01. The van der Waals surface area contributed by atoms with E-state index in [1.807, 2.05) is 23.9 Å². The molecular weight excluding hydrogens is 286 g/mol. The van der Waals surface area contributed by atoms with Gasteiger partial charge in [-0.3, -0.25) is 0 Å². The van der Waals surface area contributed by atoms with Crippen LogP contribution in [0.15, 0.2) is 47.4 Å². The van der Waals surface area contributed by atoms with Gasteiger partial charge in [0.1, 0.15) is 5.75 Å². The van der Waals surface area contributed by atoms with Crippen molar-refractivity contribution < 1.29 is 14.6 Å². The van der Waals surface area contributed by atoms with Gasteiger partial charge >= 0.3 is 5.97 Å². The Hall–Kier alpha value is -2.14. The summed E-state index contributed by atoms with van der Waals surface area (Å²) in [7, 11) is 0. The molecule has 0 aromatic heterocycles. The summed E-state index contributed by atoms with van der Waals surface area (Å²) >= 11 is 1.82. The number of hydrogen-bond donors (Lipinski definition) is 2. The predicted molar refractivity (Wildman–Crippen MR) is 83.2 cm³/mol. The molecule has 0 saturated carbocycles. The first-order valence-corrected chi connectivity index (χ1v) is 7.61. The number of carboxylic acids is 1. The van der Waals surface area contributed by atoms with Crippen LogP contribution in [0.25, 0.3) is 0 Å². The first-order chi connectivity index (χ1) is 10.1. The molecule has 0 aliphatic carbocycles. The van der Waals surface area contributed by atoms with Gasteiger partial charge in [0, 0.05) is 16.6 Å². The quantitative estimate of drug-likeness (QED) is 0.848. The molecule has 2 aromatic carbocycles. The Morgan fingerprint density at radius 3 is 2.95 bits per heavy atom. The number of carbonyl (C=O) groups is 1. The lowest BCUT2D eigenvalue weighted by atomic mass is 10.0. The summed E-state index contributed by atoms with van der Waals surface area (Å²) in [5.74, 6) is 0.725. The number of ether oxygens (including phenoxy) is 1. The van der Waals surface area contributed by atoms with Gasteiger partial charge in [0.25, 0.3) is 0 Å². The number of nitrogens with two attached hydrogens (primary N) is 1. The second-order valence-corrected chi connectivity index (χ2v) is 5.98. The third kappa shape index (κ3) is 2.83. The first kappa shape index (κ1) is 13.8. The van der Waals surface area contributed by atoms with Crippen LogP contribution in [0.5, 0.6) is 5.75 Å². The van der Waals surface area contributed by atoms with E-state index in [2.05, 4.69) is 12.1 Å². The number of hydrogen-bond acceptors (Lipinski definition) is 4. The van der Waals surface area contributed by atoms with Crippen LogP contribution in [0, 0.1) is 0 Å². The fourth-order valence-electron chi connectivity index (χ4n) is 2.35. The molecule has 0 fully saturated rings. The molecule has 21 heavy (non-hydrogen) atoms. The molecule has 5 heteroatoms. The van der Waals surface area contributed by atoms with Crippen molar-refractivity contribution in [1.29, 1.82) is 0 Å². The van der Waals surface area contributed by atoms with Crippen molar-refractivity contribution in [1.82, 2.24) is 0 Å². The van der Waals surface area contributed by atoms with Crippen LogP contribution < -0.4 is 10.5 Å². The van der Waals surface area contributed by atoms with E-state index in [-0.39, 0.29) is 5.56 Å². The van der Waals surface area contributed by atoms with Crippen molar-refractivity contribution in [2.75, 3.05) is 18.1 Å². The number of fused-ring (bicyclic) bond motifs is 1. The molecule has 1 aliphatic heterocycles. The molecule has 1 atom stereocenters. The van der Waals surface area contributed by atoms with Gasteiger partial charge in [-0.15, -0.1) is 11.8 Å². The summed E-state index contributed by atoms with van der Waals surface area (Å²) in [5.41, 5.74) is 7.77. The average Bonchev–Trinajstić information content (AvgIpc) is 2.89. The third-order valence-corrected chi connectivity index (χ3v) is 4.75. The lowest BCUT2D eigenvalue weighted by Crippen LogP contribution is -2.11. The summed E-state index contributed by atoms with van der Waals surface area (Å²) in [6.07, 6.45) is 0. The van der Waals surface area contributed by atoms with Crippen LogP contribution >= 0.6 is 11.8 Å². The van der Waals surface area contributed by atoms with Gasteiger partial charge in [-0.2, -0.15) is 0 Å². The van der Waals surface area contributed by atoms with Gasteiger partial charge in [-0.25, -0.2) is 4.79 Å². The summed E-state index contributed by atoms with van der Waals surface area (Å²) in [6.45, 7) is 0.497. The fraction of sp³-hybridized carbons (Fsp3) is 0.188. The Kier molecular flexibility index (Phi) is 3.75. The summed E-state index contributed by atoms with van der Waals surface area (Å²) in [6, 6.07) is 12.8. The van der Waals surface area contributed by atoms with Crippen molar-refractivity contribution in [3.63, 3.8) is 0 Å². The van der Waals surface area contributed by atoms with Crippen LogP contribution in [0.4, 0.5) is 5.69 Å². The molecule has 1 aliphatic rings. The zero-order valence-corrected chi connectivity index (χ0v) is 12.1. The zero-order chi connectivity index (χ0) is 14.8. The Morgan fingerprint density at radius 1 is 1.33 bits per heavy atom. The average molecular weight is 301 g/mol. The maximum absolute atomic E-state index is 11.0. The number of thioether (sulfide) groups is 1. The molecule has 1 unspecified atom stereocenters. The second kappa shape index (κ2) is 5.69. The van der Waals surface area contributed by atoms with Crippen LogP contribution in [0.3, 0.4) is 0 Å². The Morgan fingerprint density at radius 2 is 2.14 bits per heavy atom. The number of nitrogen functional groups attached to an aromatic ring is 1. The van der Waals surface area contributed by atoms with Crippen LogP contribution in [-0.4, -0.2) is 23.4 Å². The van der Waals surface area contributed by atoms with Crippen molar-refractivity contribution in [3.05, 3.63) is 53.6 Å². The molecule has 0 radical (unpaired) electrons. The standard InChI is InChI=1S/C16H15NO3S/c17-13-6-5-10(16(18)19)7-14(13)20-8-11-9-21-15-4-2-1-3-12(11)15/h1-7,11H,8-9,17H2,(H,18,19). The molecule has 4 nitrogen and oxygen atoms in total. The molecule has 0 amide bonds. The van der Waals surface area contributed by atoms with Gasteiger partial charge < -0.3 is 15.6 Å². The number of rotatable bonds is 4. The highest BCUT2D eigenvalue weighted by Crippen LogP contribution is 2.39. The van der Waals surface area contributed by atoms with Gasteiger partial charge in [0.2, 0.25) is 0 Å². The number of aromatic carboxylic acids is 1. The molecule has 0 saturated heterocycles. The minimum Gasteiger partial charge on any atom is -0.491 e. The van der Waals surface area contributed by atoms with E-state index in [0.717, 1.165) is 5.75 Å². The largest absolute Gasteiger partial charge is 0.491 e. The van der Waals surface area contributed by atoms with E-state index in [1.54, 1.807) is 6.07 Å². The topological polar surface area (TPSA) is 72.6 Å². The number of carboxylic acid groups (broad SMARTS) is 1. The highest BCUT2D eigenvalue weighted by Gasteiger charge is 2.23. The highest BCUT2D eigenvalue weighted by atomic mass is 32.2. The lowest BCUT2D eigenvalue weighted by molar-refractivity contribution is 0.0696. The molecule has 108 valence electrons. The van der Waals surface area contributed by atoms with Crippen molar-refractivity contribution in [3.8, 4) is 5.75 Å². The number of anilines is 1. The third-order valence-electron chi connectivity index (χ3n) is 3.50. The monoisotopic (exact) mass is 301 g/mol. The van der Waals surface area contributed by atoms with Crippen molar-refractivity contribution in [2.24, 2.45) is 0 Å². The smallest absolute Gasteiger partial charge is 0.335 e. The molecule has 0 bridgehead atoms. The van der Waals surface area contributed by atoms with Crippen LogP contribution in [-0.2, 0) is 0 Å². The molecule has 3 rings (SSSR count). The van der Waals surface area contributed by atoms with Crippen molar-refractivity contribution >= 4 is 23.4 Å². The SMILES string of the molecule is Nc1ccc(C(=O)O)cc1OCC1CSc2ccccc21. The van der Waals surface area contributed by atoms with E-state index < -0.39 is 5.97 Å². The van der Waals surface area contributed by atoms with Crippen LogP contribution in [0.1, 0.15) is 21.8 Å². The summed E-state index contributed by atoms with van der Waals surface area (Å²) in [4.78, 5) is 12.3. The lowest BCUT2D eigenvalue weighted by Gasteiger charge is -2.14. The van der Waals surface area contributed by atoms with Gasteiger partial charge in [-0.1, -0.05) is 18.2 Å². The molecule has 1 heterocycles. The molecule has 0 spiro atoms. The van der Waals surface area contributed by atoms with E-state index in [1.165, 1.54) is 22.6 Å². The zero-order valence-electron chi connectivity index (χ0n) is 11.3. The molecule has 3 N–H and O–H groups in total. The first-order valence-electron chi connectivity index (χ1n) is 6.62. The minimum atomic E-state index is -0.985. The van der Waals surface area contributed by atoms with E-state index in [4.69, 9.17) is 15.6 Å². The Balaban J connectivity index is 1.74. The van der Waals surface area contributed by atoms with Gasteiger partial charge in [-0.05, 0) is 29.8 Å². The fourth-order valence-corrected chi connectivity index (χ4v) is 3.58. The summed E-state index contributed by atoms with van der Waals surface area (Å²) < 4.78 is 5.77. The predicted octanol–water partition coefficient (Wildman–Crippen LogP) is 3.24.